The molecule has 0 atom stereocenters. The Morgan fingerprint density at radius 2 is 0.878 bits per heavy atom. The third-order valence-electron chi connectivity index (χ3n) is 7.25. The van der Waals surface area contributed by atoms with Gasteiger partial charge in [-0.1, -0.05) is 90.2 Å². The molecule has 4 N–H and O–H groups in total. The molecule has 0 fully saturated rings. The molecule has 4 nitrogen and oxygen atoms in total. The molecule has 0 amide bonds. The summed E-state index contributed by atoms with van der Waals surface area (Å²) in [6.45, 7) is 4.74. The maximum absolute atomic E-state index is 14.6. The van der Waals surface area contributed by atoms with Gasteiger partial charge >= 0.3 is 12.4 Å². The monoisotopic (exact) mass is 590 g/mol. The molecule has 2 aromatic carbocycles. The van der Waals surface area contributed by atoms with Crippen LogP contribution in [0, 0.1) is 0 Å². The van der Waals surface area contributed by atoms with Gasteiger partial charge in [-0.25, -0.2) is 0 Å². The van der Waals surface area contributed by atoms with Crippen LogP contribution >= 0.6 is 0 Å². The predicted molar refractivity (Wildman–Crippen MR) is 152 cm³/mol. The van der Waals surface area contributed by atoms with E-state index >= 15 is 0 Å². The molecule has 2 rings (SSSR count). The van der Waals surface area contributed by atoms with E-state index in [0.717, 1.165) is 88.5 Å². The molecule has 2 aromatic rings. The van der Waals surface area contributed by atoms with Gasteiger partial charge in [-0.05, 0) is 48.2 Å². The quantitative estimate of drug-likeness (QED) is 0.103. The van der Waals surface area contributed by atoms with Crippen molar-refractivity contribution in [1.82, 2.24) is 0 Å². The number of rotatable bonds is 18. The number of nitrogen functional groups attached to an aromatic ring is 2. The molecule has 0 saturated carbocycles. The first-order valence-electron chi connectivity index (χ1n) is 14.6. The number of unbranched alkanes of at least 4 members (excludes halogenated alkanes) is 10. The van der Waals surface area contributed by atoms with Crippen LogP contribution in [0.5, 0.6) is 11.5 Å². The summed E-state index contributed by atoms with van der Waals surface area (Å²) in [6, 6.07) is 5.05. The van der Waals surface area contributed by atoms with Gasteiger partial charge in [0.05, 0.1) is 24.6 Å². The van der Waals surface area contributed by atoms with Crippen LogP contribution in [0.25, 0.3) is 0 Å². The highest BCUT2D eigenvalue weighted by Crippen LogP contribution is 2.57. The minimum absolute atomic E-state index is 0.0403. The Hall–Kier alpha value is -2.78. The van der Waals surface area contributed by atoms with Crippen molar-refractivity contribution in [3.05, 3.63) is 47.5 Å². The molecule has 0 aliphatic rings. The zero-order valence-corrected chi connectivity index (χ0v) is 24.1. The second-order valence-electron chi connectivity index (χ2n) is 10.5. The summed E-state index contributed by atoms with van der Waals surface area (Å²) < 4.78 is 98.7. The van der Waals surface area contributed by atoms with E-state index in [1.54, 1.807) is 0 Å². The molecule has 0 bridgehead atoms. The Morgan fingerprint density at radius 3 is 1.20 bits per heavy atom. The summed E-state index contributed by atoms with van der Waals surface area (Å²) in [5, 5.41) is 0. The van der Waals surface area contributed by atoms with E-state index in [9.17, 15) is 26.3 Å². The van der Waals surface area contributed by atoms with Crippen molar-refractivity contribution in [2.75, 3.05) is 24.7 Å². The van der Waals surface area contributed by atoms with Crippen LogP contribution < -0.4 is 20.9 Å². The van der Waals surface area contributed by atoms with E-state index in [4.69, 9.17) is 20.9 Å². The van der Waals surface area contributed by atoms with Gasteiger partial charge < -0.3 is 20.9 Å². The van der Waals surface area contributed by atoms with Crippen molar-refractivity contribution in [3.63, 3.8) is 0 Å². The van der Waals surface area contributed by atoms with Crippen molar-refractivity contribution < 1.29 is 35.8 Å². The van der Waals surface area contributed by atoms with Crippen LogP contribution in [0.4, 0.5) is 37.7 Å². The van der Waals surface area contributed by atoms with Crippen LogP contribution in [0.2, 0.25) is 0 Å². The maximum atomic E-state index is 14.6. The van der Waals surface area contributed by atoms with E-state index in [1.165, 1.54) is 0 Å². The number of nitrogens with two attached hydrogens (primary N) is 2. The second-order valence-corrected chi connectivity index (χ2v) is 10.5. The Balaban J connectivity index is 2.29. The number of benzene rings is 2. The summed E-state index contributed by atoms with van der Waals surface area (Å²) in [7, 11) is 0. The van der Waals surface area contributed by atoms with Crippen molar-refractivity contribution in [2.24, 2.45) is 0 Å². The van der Waals surface area contributed by atoms with Gasteiger partial charge in [-0.3, -0.25) is 0 Å². The second kappa shape index (κ2) is 16.0. The van der Waals surface area contributed by atoms with E-state index in [2.05, 4.69) is 13.8 Å². The minimum atomic E-state index is -5.76. The van der Waals surface area contributed by atoms with Crippen molar-refractivity contribution in [1.29, 1.82) is 0 Å². The van der Waals surface area contributed by atoms with Gasteiger partial charge in [-0.2, -0.15) is 26.3 Å². The zero-order valence-electron chi connectivity index (χ0n) is 24.1. The highest BCUT2D eigenvalue weighted by atomic mass is 19.4. The Bertz CT molecular complexity index is 972. The Labute approximate surface area is 239 Å². The zero-order chi connectivity index (χ0) is 30.5. The van der Waals surface area contributed by atoms with Crippen molar-refractivity contribution in [2.45, 2.75) is 109 Å². The molecule has 0 aliphatic heterocycles. The SMILES string of the molecule is CCCCCCCCOc1ccc(C(c2ccc(OCCCCCCCC)c(N)c2)(C(F)(F)F)C(F)(F)F)cc1N. The molecule has 0 heterocycles. The van der Waals surface area contributed by atoms with Gasteiger partial charge in [0.25, 0.3) is 0 Å². The highest BCUT2D eigenvalue weighted by Gasteiger charge is 2.72. The first kappa shape index (κ1) is 34.4. The van der Waals surface area contributed by atoms with Gasteiger partial charge in [0.15, 0.2) is 0 Å². The topological polar surface area (TPSA) is 70.5 Å². The molecule has 41 heavy (non-hydrogen) atoms. The first-order valence-corrected chi connectivity index (χ1v) is 14.6. The van der Waals surface area contributed by atoms with E-state index in [1.807, 2.05) is 0 Å². The molecule has 10 heteroatoms. The smallest absolute Gasteiger partial charge is 0.411 e. The summed E-state index contributed by atoms with van der Waals surface area (Å²) in [5.74, 6) is 0.0806. The lowest BCUT2D eigenvalue weighted by atomic mass is 9.72. The molecule has 0 aliphatic carbocycles. The van der Waals surface area contributed by atoms with Gasteiger partial charge in [0.2, 0.25) is 5.41 Å². The number of halogens is 6. The summed E-state index contributed by atoms with van der Waals surface area (Å²) in [5.41, 5.74) is 4.73. The minimum Gasteiger partial charge on any atom is -0.491 e. The lowest BCUT2D eigenvalue weighted by molar-refractivity contribution is -0.288. The molecular formula is C31H44F6N2O2. The predicted octanol–water partition coefficient (Wildman–Crippen LogP) is 9.74. The third kappa shape index (κ3) is 9.10. The molecule has 0 unspecified atom stereocenters. The lowest BCUT2D eigenvalue weighted by Gasteiger charge is -2.38. The van der Waals surface area contributed by atoms with Gasteiger partial charge in [-0.15, -0.1) is 0 Å². The Kier molecular flexibility index (Phi) is 13.4. The van der Waals surface area contributed by atoms with E-state index in [0.29, 0.717) is 25.0 Å². The summed E-state index contributed by atoms with van der Waals surface area (Å²) in [4.78, 5) is 0. The fraction of sp³-hybridized carbons (Fsp3) is 0.613. The van der Waals surface area contributed by atoms with Crippen LogP contribution in [0.3, 0.4) is 0 Å². The van der Waals surface area contributed by atoms with Crippen molar-refractivity contribution in [3.8, 4) is 11.5 Å². The highest BCUT2D eigenvalue weighted by molar-refractivity contribution is 5.61. The average molecular weight is 591 g/mol. The fourth-order valence-electron chi connectivity index (χ4n) is 4.94. The van der Waals surface area contributed by atoms with Gasteiger partial charge in [0.1, 0.15) is 11.5 Å². The molecule has 0 spiro atoms. The lowest BCUT2D eigenvalue weighted by Crippen LogP contribution is -2.54. The molecule has 0 radical (unpaired) electrons. The number of hydrogen-bond acceptors (Lipinski definition) is 4. The Morgan fingerprint density at radius 1 is 0.537 bits per heavy atom. The van der Waals surface area contributed by atoms with E-state index < -0.39 is 28.9 Å². The number of anilines is 2. The largest absolute Gasteiger partial charge is 0.491 e. The first-order chi connectivity index (χ1) is 19.4. The average Bonchev–Trinajstić information content (AvgIpc) is 2.88. The van der Waals surface area contributed by atoms with E-state index in [-0.39, 0.29) is 36.1 Å². The molecular weight excluding hydrogens is 546 g/mol. The molecule has 0 saturated heterocycles. The third-order valence-corrected chi connectivity index (χ3v) is 7.25. The normalized spacial score (nSPS) is 12.5. The maximum Gasteiger partial charge on any atom is 0.411 e. The summed E-state index contributed by atoms with van der Waals surface area (Å²) >= 11 is 0. The number of ether oxygens (including phenoxy) is 2. The van der Waals surface area contributed by atoms with Gasteiger partial charge in [0, 0.05) is 0 Å². The number of alkyl halides is 6. The standard InChI is InChI=1S/C31H44F6N2O2/c1-3-5-7-9-11-13-19-40-27-17-15-23(21-25(27)38)29(30(32,33)34,31(35,36)37)24-16-18-28(26(39)22-24)41-20-14-12-10-8-6-4-2/h15-18,21-22H,3-14,19-20,38-39H2,1-2H3. The fourth-order valence-corrected chi connectivity index (χ4v) is 4.94. The number of hydrogen-bond donors (Lipinski definition) is 2. The summed E-state index contributed by atoms with van der Waals surface area (Å²) in [6.07, 6.45) is 0.438. The van der Waals surface area contributed by atoms with Crippen LogP contribution in [-0.2, 0) is 5.41 Å². The molecule has 0 aromatic heterocycles. The molecule has 232 valence electrons. The van der Waals surface area contributed by atoms with Crippen LogP contribution in [0.15, 0.2) is 36.4 Å². The van der Waals surface area contributed by atoms with Crippen molar-refractivity contribution >= 4 is 11.4 Å². The van der Waals surface area contributed by atoms with Crippen LogP contribution in [0.1, 0.15) is 102 Å². The van der Waals surface area contributed by atoms with Crippen LogP contribution in [-0.4, -0.2) is 25.6 Å².